The molecule has 0 bridgehead atoms. The number of methoxy groups -OCH3 is 1. The van der Waals surface area contributed by atoms with E-state index in [4.69, 9.17) is 9.47 Å². The minimum absolute atomic E-state index is 0.0370. The van der Waals surface area contributed by atoms with E-state index in [1.807, 2.05) is 32.0 Å². The molecule has 0 aromatic heterocycles. The van der Waals surface area contributed by atoms with Crippen molar-refractivity contribution in [3.8, 4) is 11.5 Å². The van der Waals surface area contributed by atoms with Crippen molar-refractivity contribution in [2.24, 2.45) is 5.92 Å². The van der Waals surface area contributed by atoms with Crippen LogP contribution in [0.25, 0.3) is 0 Å². The molecule has 0 saturated carbocycles. The molecule has 0 atom stereocenters. The Hall–Kier alpha value is -1.80. The van der Waals surface area contributed by atoms with Gasteiger partial charge in [-0.1, -0.05) is 6.07 Å². The Kier molecular flexibility index (Phi) is 7.49. The highest BCUT2D eigenvalue weighted by Crippen LogP contribution is 2.29. The summed E-state index contributed by atoms with van der Waals surface area (Å²) >= 11 is 0. The zero-order valence-corrected chi connectivity index (χ0v) is 17.3. The average Bonchev–Trinajstić information content (AvgIpc) is 2.66. The molecule has 1 fully saturated rings. The predicted octanol–water partition coefficient (Wildman–Crippen LogP) is 2.16. The summed E-state index contributed by atoms with van der Waals surface area (Å²) < 4.78 is 36.3. The first-order chi connectivity index (χ1) is 12.8. The molecule has 0 aliphatic carbocycles. The smallest absolute Gasteiger partial charge is 0.223 e. The van der Waals surface area contributed by atoms with Crippen molar-refractivity contribution in [2.75, 3.05) is 26.0 Å². The van der Waals surface area contributed by atoms with Crippen molar-refractivity contribution >= 4 is 15.9 Å². The van der Waals surface area contributed by atoms with Gasteiger partial charge in [-0.05, 0) is 51.3 Å². The lowest BCUT2D eigenvalue weighted by molar-refractivity contribution is -0.126. The SMILES string of the molecule is CCS(=O)(=O)N1CCC(C(=O)NCc2ccc(OC(C)C)c(OC)c2)CC1. The maximum Gasteiger partial charge on any atom is 0.223 e. The van der Waals surface area contributed by atoms with Crippen LogP contribution in [-0.2, 0) is 21.4 Å². The summed E-state index contributed by atoms with van der Waals surface area (Å²) in [6, 6.07) is 5.60. The molecule has 1 aromatic carbocycles. The third-order valence-corrected chi connectivity index (χ3v) is 6.52. The van der Waals surface area contributed by atoms with Gasteiger partial charge in [0.05, 0.1) is 19.0 Å². The zero-order valence-electron chi connectivity index (χ0n) is 16.5. The van der Waals surface area contributed by atoms with Crippen LogP contribution in [0.2, 0.25) is 0 Å². The van der Waals surface area contributed by atoms with Gasteiger partial charge in [0.25, 0.3) is 0 Å². The normalized spacial score (nSPS) is 16.3. The van der Waals surface area contributed by atoms with Crippen LogP contribution in [0, 0.1) is 5.92 Å². The molecule has 1 heterocycles. The first kappa shape index (κ1) is 21.5. The van der Waals surface area contributed by atoms with E-state index >= 15 is 0 Å². The second-order valence-electron chi connectivity index (χ2n) is 6.94. The number of benzene rings is 1. The van der Waals surface area contributed by atoms with Crippen molar-refractivity contribution in [1.82, 2.24) is 9.62 Å². The van der Waals surface area contributed by atoms with Gasteiger partial charge >= 0.3 is 0 Å². The number of carbonyl (C=O) groups excluding carboxylic acids is 1. The van der Waals surface area contributed by atoms with Crippen LogP contribution >= 0.6 is 0 Å². The van der Waals surface area contributed by atoms with E-state index in [-0.39, 0.29) is 23.7 Å². The highest BCUT2D eigenvalue weighted by atomic mass is 32.2. The third-order valence-electron chi connectivity index (χ3n) is 4.64. The molecule has 1 N–H and O–H groups in total. The summed E-state index contributed by atoms with van der Waals surface area (Å²) in [4.78, 5) is 12.4. The summed E-state index contributed by atoms with van der Waals surface area (Å²) in [7, 11) is -1.58. The largest absolute Gasteiger partial charge is 0.493 e. The number of hydrogen-bond donors (Lipinski definition) is 1. The van der Waals surface area contributed by atoms with Gasteiger partial charge in [-0.15, -0.1) is 0 Å². The lowest BCUT2D eigenvalue weighted by atomic mass is 9.97. The lowest BCUT2D eigenvalue weighted by Crippen LogP contribution is -2.43. The molecule has 1 amide bonds. The molecule has 0 radical (unpaired) electrons. The number of ether oxygens (including phenoxy) is 2. The molecule has 0 unspecified atom stereocenters. The molecule has 0 spiro atoms. The molecule has 27 heavy (non-hydrogen) atoms. The van der Waals surface area contributed by atoms with E-state index in [1.54, 1.807) is 14.0 Å². The van der Waals surface area contributed by atoms with E-state index in [2.05, 4.69) is 5.32 Å². The quantitative estimate of drug-likeness (QED) is 0.725. The maximum absolute atomic E-state index is 12.4. The molecule has 1 aliphatic heterocycles. The van der Waals surface area contributed by atoms with Gasteiger partial charge in [0.1, 0.15) is 0 Å². The van der Waals surface area contributed by atoms with Gasteiger partial charge in [-0.25, -0.2) is 12.7 Å². The van der Waals surface area contributed by atoms with Crippen LogP contribution < -0.4 is 14.8 Å². The minimum Gasteiger partial charge on any atom is -0.493 e. The second-order valence-corrected chi connectivity index (χ2v) is 9.20. The van der Waals surface area contributed by atoms with Crippen LogP contribution in [0.4, 0.5) is 0 Å². The molecular weight excluding hydrogens is 368 g/mol. The summed E-state index contributed by atoms with van der Waals surface area (Å²) in [6.45, 7) is 6.74. The Morgan fingerprint density at radius 3 is 2.48 bits per heavy atom. The second kappa shape index (κ2) is 9.41. The summed E-state index contributed by atoms with van der Waals surface area (Å²) in [6.07, 6.45) is 1.15. The number of nitrogens with zero attached hydrogens (tertiary/aromatic N) is 1. The Labute approximate surface area is 162 Å². The van der Waals surface area contributed by atoms with Gasteiger partial charge in [0.2, 0.25) is 15.9 Å². The summed E-state index contributed by atoms with van der Waals surface area (Å²) in [5.41, 5.74) is 0.919. The van der Waals surface area contributed by atoms with Crippen molar-refractivity contribution in [3.63, 3.8) is 0 Å². The topological polar surface area (TPSA) is 84.9 Å². The number of piperidine rings is 1. The highest BCUT2D eigenvalue weighted by Gasteiger charge is 2.29. The zero-order chi connectivity index (χ0) is 20.0. The Morgan fingerprint density at radius 1 is 1.26 bits per heavy atom. The molecule has 1 aliphatic rings. The van der Waals surface area contributed by atoms with E-state index in [0.717, 1.165) is 5.56 Å². The fourth-order valence-corrected chi connectivity index (χ4v) is 4.22. The standard InChI is InChI=1S/C19H30N2O5S/c1-5-27(23,24)21-10-8-16(9-11-21)19(22)20-13-15-6-7-17(26-14(2)3)18(12-15)25-4/h6-7,12,14,16H,5,8-11,13H2,1-4H3,(H,20,22). The van der Waals surface area contributed by atoms with E-state index in [1.165, 1.54) is 4.31 Å². The number of hydrogen-bond acceptors (Lipinski definition) is 5. The van der Waals surface area contributed by atoms with Crippen LogP contribution in [0.15, 0.2) is 18.2 Å². The van der Waals surface area contributed by atoms with Crippen molar-refractivity contribution < 1.29 is 22.7 Å². The molecule has 8 heteroatoms. The Balaban J connectivity index is 1.89. The Morgan fingerprint density at radius 2 is 1.93 bits per heavy atom. The van der Waals surface area contributed by atoms with Gasteiger partial charge in [0, 0.05) is 25.6 Å². The van der Waals surface area contributed by atoms with Crippen LogP contribution in [-0.4, -0.2) is 50.7 Å². The van der Waals surface area contributed by atoms with Crippen LogP contribution in [0.5, 0.6) is 11.5 Å². The molecule has 7 nitrogen and oxygen atoms in total. The highest BCUT2D eigenvalue weighted by molar-refractivity contribution is 7.89. The third kappa shape index (κ3) is 5.84. The number of rotatable bonds is 8. The van der Waals surface area contributed by atoms with Gasteiger partial charge < -0.3 is 14.8 Å². The minimum atomic E-state index is -3.17. The average molecular weight is 399 g/mol. The number of carbonyl (C=O) groups is 1. The molecule has 2 rings (SSSR count). The van der Waals surface area contributed by atoms with Gasteiger partial charge in [0.15, 0.2) is 11.5 Å². The van der Waals surface area contributed by atoms with Crippen LogP contribution in [0.3, 0.4) is 0 Å². The van der Waals surface area contributed by atoms with Crippen LogP contribution in [0.1, 0.15) is 39.2 Å². The van der Waals surface area contributed by atoms with E-state index < -0.39 is 10.0 Å². The number of amides is 1. The fourth-order valence-electron chi connectivity index (χ4n) is 3.09. The lowest BCUT2D eigenvalue weighted by Gasteiger charge is -2.30. The Bertz CT molecular complexity index is 740. The number of nitrogens with one attached hydrogen (secondary N) is 1. The molecule has 1 aromatic rings. The monoisotopic (exact) mass is 398 g/mol. The molecule has 1 saturated heterocycles. The van der Waals surface area contributed by atoms with E-state index in [0.29, 0.717) is 44.0 Å². The van der Waals surface area contributed by atoms with Crippen molar-refractivity contribution in [2.45, 2.75) is 46.3 Å². The summed E-state index contributed by atoms with van der Waals surface area (Å²) in [5.74, 6) is 1.21. The predicted molar refractivity (Wildman–Crippen MR) is 104 cm³/mol. The molecule has 152 valence electrons. The fraction of sp³-hybridized carbons (Fsp3) is 0.632. The first-order valence-corrected chi connectivity index (χ1v) is 11.0. The number of sulfonamides is 1. The van der Waals surface area contributed by atoms with E-state index in [9.17, 15) is 13.2 Å². The molecular formula is C19H30N2O5S. The first-order valence-electron chi connectivity index (χ1n) is 9.36. The van der Waals surface area contributed by atoms with Gasteiger partial charge in [-0.3, -0.25) is 4.79 Å². The van der Waals surface area contributed by atoms with Crippen molar-refractivity contribution in [1.29, 1.82) is 0 Å². The summed E-state index contributed by atoms with van der Waals surface area (Å²) in [5, 5.41) is 2.94. The maximum atomic E-state index is 12.4. The van der Waals surface area contributed by atoms with Gasteiger partial charge in [-0.2, -0.15) is 0 Å². The van der Waals surface area contributed by atoms with Crippen molar-refractivity contribution in [3.05, 3.63) is 23.8 Å².